The van der Waals surface area contributed by atoms with E-state index in [-0.39, 0.29) is 6.61 Å². The van der Waals surface area contributed by atoms with E-state index in [0.717, 1.165) is 16.5 Å². The molecule has 0 radical (unpaired) electrons. The van der Waals surface area contributed by atoms with Crippen molar-refractivity contribution in [3.63, 3.8) is 0 Å². The maximum Gasteiger partial charge on any atom is 0.412 e. The number of benzene rings is 2. The number of carbonyl (C=O) groups is 1. The van der Waals surface area contributed by atoms with Crippen molar-refractivity contribution in [1.82, 2.24) is 9.78 Å². The van der Waals surface area contributed by atoms with Crippen LogP contribution in [0.4, 0.5) is 10.5 Å². The van der Waals surface area contributed by atoms with E-state index in [2.05, 4.69) is 26.3 Å². The molecule has 3 rings (SSSR count). The van der Waals surface area contributed by atoms with Crippen LogP contribution < -0.4 is 5.32 Å². The van der Waals surface area contributed by atoms with Gasteiger partial charge in [-0.1, -0.05) is 41.9 Å². The van der Waals surface area contributed by atoms with Crippen LogP contribution in [-0.2, 0) is 18.4 Å². The molecule has 0 spiro atoms. The number of fused-ring (bicyclic) bond motifs is 1. The Morgan fingerprint density at radius 3 is 2.87 bits per heavy atom. The van der Waals surface area contributed by atoms with Crippen LogP contribution in [0.1, 0.15) is 5.56 Å². The summed E-state index contributed by atoms with van der Waals surface area (Å²) in [4.78, 5) is 12.0. The fourth-order valence-corrected chi connectivity index (χ4v) is 3.17. The number of rotatable bonds is 3. The van der Waals surface area contributed by atoms with Crippen LogP contribution in [0.3, 0.4) is 0 Å². The van der Waals surface area contributed by atoms with Crippen molar-refractivity contribution >= 4 is 50.2 Å². The van der Waals surface area contributed by atoms with Gasteiger partial charge in [0.05, 0.1) is 20.7 Å². The van der Waals surface area contributed by atoms with Crippen molar-refractivity contribution in [1.29, 1.82) is 0 Å². The van der Waals surface area contributed by atoms with Crippen molar-refractivity contribution in [3.8, 4) is 0 Å². The second kappa shape index (κ2) is 6.60. The largest absolute Gasteiger partial charge is 0.444 e. The van der Waals surface area contributed by atoms with Gasteiger partial charge >= 0.3 is 6.09 Å². The van der Waals surface area contributed by atoms with Gasteiger partial charge in [-0.2, -0.15) is 5.10 Å². The molecule has 1 N–H and O–H groups in total. The van der Waals surface area contributed by atoms with E-state index in [9.17, 15) is 4.79 Å². The van der Waals surface area contributed by atoms with E-state index >= 15 is 0 Å². The molecule has 0 unspecified atom stereocenters. The van der Waals surface area contributed by atoms with Crippen LogP contribution in [-0.4, -0.2) is 15.9 Å². The van der Waals surface area contributed by atoms with Crippen LogP contribution in [0.15, 0.2) is 47.1 Å². The second-order valence-corrected chi connectivity index (χ2v) is 6.17. The lowest BCUT2D eigenvalue weighted by Gasteiger charge is -2.10. The molecule has 7 heteroatoms. The molecule has 5 nitrogen and oxygen atoms in total. The first-order valence-corrected chi connectivity index (χ1v) is 8.01. The Labute approximate surface area is 146 Å². The molecule has 0 aliphatic heterocycles. The number of nitrogens with zero attached hydrogens (tertiary/aromatic N) is 2. The van der Waals surface area contributed by atoms with Gasteiger partial charge in [-0.15, -0.1) is 0 Å². The summed E-state index contributed by atoms with van der Waals surface area (Å²) in [6, 6.07) is 11.2. The molecule has 23 heavy (non-hydrogen) atoms. The lowest BCUT2D eigenvalue weighted by molar-refractivity contribution is 0.155. The Bertz CT molecular complexity index is 865. The highest BCUT2D eigenvalue weighted by Crippen LogP contribution is 2.37. The third-order valence-corrected chi connectivity index (χ3v) is 4.38. The fraction of sp³-hybridized carbons (Fsp3) is 0.125. The third kappa shape index (κ3) is 3.48. The summed E-state index contributed by atoms with van der Waals surface area (Å²) in [7, 11) is 1.82. The first kappa shape index (κ1) is 15.8. The topological polar surface area (TPSA) is 56.2 Å². The lowest BCUT2D eigenvalue weighted by Crippen LogP contribution is -2.14. The van der Waals surface area contributed by atoms with E-state index in [1.165, 1.54) is 0 Å². The van der Waals surface area contributed by atoms with Gasteiger partial charge in [-0.3, -0.25) is 10.00 Å². The minimum Gasteiger partial charge on any atom is -0.444 e. The summed E-state index contributed by atoms with van der Waals surface area (Å²) < 4.78 is 7.56. The Hall–Kier alpha value is -2.05. The number of ether oxygens (including phenoxy) is 1. The maximum atomic E-state index is 12.0. The van der Waals surface area contributed by atoms with Crippen LogP contribution in [0.5, 0.6) is 0 Å². The molecule has 118 valence electrons. The molecule has 1 heterocycles. The molecule has 1 aromatic heterocycles. The van der Waals surface area contributed by atoms with Crippen molar-refractivity contribution in [2.75, 3.05) is 5.32 Å². The predicted octanol–water partition coefficient (Wildman–Crippen LogP) is 4.74. The maximum absolute atomic E-state index is 12.0. The van der Waals surface area contributed by atoms with Gasteiger partial charge in [0.15, 0.2) is 0 Å². The molecular formula is C16H13BrClN3O2. The molecule has 0 aliphatic rings. The van der Waals surface area contributed by atoms with Crippen molar-refractivity contribution in [2.24, 2.45) is 7.05 Å². The molecular weight excluding hydrogens is 382 g/mol. The summed E-state index contributed by atoms with van der Waals surface area (Å²) in [6.07, 6.45) is 1.27. The summed E-state index contributed by atoms with van der Waals surface area (Å²) >= 11 is 9.69. The molecule has 0 fully saturated rings. The SMILES string of the molecule is Cn1cc2c(Br)c(NC(=O)OCc3ccccc3)c(Cl)cc2n1. The second-order valence-electron chi connectivity index (χ2n) is 4.97. The first-order chi connectivity index (χ1) is 11.0. The van der Waals surface area contributed by atoms with Crippen LogP contribution in [0.2, 0.25) is 5.02 Å². The average molecular weight is 395 g/mol. The minimum absolute atomic E-state index is 0.192. The highest BCUT2D eigenvalue weighted by atomic mass is 79.9. The van der Waals surface area contributed by atoms with Gasteiger partial charge in [-0.05, 0) is 27.6 Å². The van der Waals surface area contributed by atoms with Crippen LogP contribution in [0.25, 0.3) is 10.9 Å². The molecule has 0 bridgehead atoms. The first-order valence-electron chi connectivity index (χ1n) is 6.83. The Kier molecular flexibility index (Phi) is 4.54. The zero-order valence-corrected chi connectivity index (χ0v) is 14.6. The van der Waals surface area contributed by atoms with Crippen molar-refractivity contribution < 1.29 is 9.53 Å². The summed E-state index contributed by atoms with van der Waals surface area (Å²) in [6.45, 7) is 0.192. The molecule has 0 aliphatic carbocycles. The summed E-state index contributed by atoms with van der Waals surface area (Å²) in [5, 5.41) is 8.21. The minimum atomic E-state index is -0.570. The highest BCUT2D eigenvalue weighted by Gasteiger charge is 2.15. The molecule has 3 aromatic rings. The third-order valence-electron chi connectivity index (χ3n) is 3.26. The predicted molar refractivity (Wildman–Crippen MR) is 93.7 cm³/mol. The highest BCUT2D eigenvalue weighted by molar-refractivity contribution is 9.10. The number of carbonyl (C=O) groups excluding carboxylic acids is 1. The fourth-order valence-electron chi connectivity index (χ4n) is 2.19. The van der Waals surface area contributed by atoms with E-state index in [1.807, 2.05) is 43.6 Å². The van der Waals surface area contributed by atoms with Gasteiger partial charge in [0.2, 0.25) is 0 Å². The van der Waals surface area contributed by atoms with Gasteiger partial charge < -0.3 is 4.74 Å². The number of halogens is 2. The van der Waals surface area contributed by atoms with Gasteiger partial charge in [-0.25, -0.2) is 4.79 Å². The zero-order chi connectivity index (χ0) is 16.4. The van der Waals surface area contributed by atoms with Crippen LogP contribution >= 0.6 is 27.5 Å². The van der Waals surface area contributed by atoms with Gasteiger partial charge in [0.1, 0.15) is 6.61 Å². The standard InChI is InChI=1S/C16H13BrClN3O2/c1-21-8-11-13(20-21)7-12(18)15(14(11)17)19-16(22)23-9-10-5-3-2-4-6-10/h2-8H,9H2,1H3,(H,19,22). The normalized spacial score (nSPS) is 10.7. The van der Waals surface area contributed by atoms with E-state index in [0.29, 0.717) is 15.2 Å². The van der Waals surface area contributed by atoms with E-state index in [4.69, 9.17) is 16.3 Å². The van der Waals surface area contributed by atoms with E-state index < -0.39 is 6.09 Å². The summed E-state index contributed by atoms with van der Waals surface area (Å²) in [5.74, 6) is 0. The number of hydrogen-bond donors (Lipinski definition) is 1. The van der Waals surface area contributed by atoms with Gasteiger partial charge in [0.25, 0.3) is 0 Å². The van der Waals surface area contributed by atoms with Crippen molar-refractivity contribution in [2.45, 2.75) is 6.61 Å². The average Bonchev–Trinajstić information content (AvgIpc) is 2.91. The number of hydrogen-bond acceptors (Lipinski definition) is 3. The Morgan fingerprint density at radius 2 is 2.13 bits per heavy atom. The lowest BCUT2D eigenvalue weighted by atomic mass is 10.2. The smallest absolute Gasteiger partial charge is 0.412 e. The van der Waals surface area contributed by atoms with Crippen LogP contribution in [0, 0.1) is 0 Å². The monoisotopic (exact) mass is 393 g/mol. The Morgan fingerprint density at radius 1 is 1.39 bits per heavy atom. The molecule has 0 saturated carbocycles. The number of nitrogens with one attached hydrogen (secondary N) is 1. The van der Waals surface area contributed by atoms with Gasteiger partial charge in [0, 0.05) is 18.6 Å². The molecule has 1 amide bonds. The number of aromatic nitrogens is 2. The number of aryl methyl sites for hydroxylation is 1. The number of anilines is 1. The number of amides is 1. The Balaban J connectivity index is 1.76. The quantitative estimate of drug-likeness (QED) is 0.698. The van der Waals surface area contributed by atoms with E-state index in [1.54, 1.807) is 10.7 Å². The molecule has 0 atom stereocenters. The zero-order valence-electron chi connectivity index (χ0n) is 12.2. The summed E-state index contributed by atoms with van der Waals surface area (Å²) in [5.41, 5.74) is 2.12. The molecule has 2 aromatic carbocycles. The van der Waals surface area contributed by atoms with Crippen molar-refractivity contribution in [3.05, 3.63) is 57.7 Å². The molecule has 0 saturated heterocycles.